The zero-order valence-electron chi connectivity index (χ0n) is 11.1. The lowest BCUT2D eigenvalue weighted by atomic mass is 9.93. The number of benzene rings is 2. The number of amides is 1. The summed E-state index contributed by atoms with van der Waals surface area (Å²) in [7, 11) is 0. The summed E-state index contributed by atoms with van der Waals surface area (Å²) in [5.74, 6) is 0.893. The molecule has 1 aliphatic heterocycles. The van der Waals surface area contributed by atoms with Crippen LogP contribution in [0.2, 0.25) is 0 Å². The number of carbonyl (C=O) groups excluding carboxylic acids is 1. The molecule has 0 aromatic heterocycles. The van der Waals surface area contributed by atoms with Crippen LogP contribution in [0, 0.1) is 5.92 Å². The predicted octanol–water partition coefficient (Wildman–Crippen LogP) is 2.96. The molecule has 2 aromatic rings. The van der Waals surface area contributed by atoms with Crippen molar-refractivity contribution in [3.8, 4) is 0 Å². The van der Waals surface area contributed by atoms with E-state index >= 15 is 0 Å². The fourth-order valence-electron chi connectivity index (χ4n) is 3.67. The van der Waals surface area contributed by atoms with Crippen molar-refractivity contribution in [1.29, 1.82) is 0 Å². The van der Waals surface area contributed by atoms with E-state index in [4.69, 9.17) is 0 Å². The van der Waals surface area contributed by atoms with Crippen molar-refractivity contribution in [3.63, 3.8) is 0 Å². The van der Waals surface area contributed by atoms with Gasteiger partial charge in [0.15, 0.2) is 0 Å². The molecule has 1 heterocycles. The Kier molecular flexibility index (Phi) is 2.09. The minimum Gasteiger partial charge on any atom is -0.342 e. The minimum atomic E-state index is 0.215. The van der Waals surface area contributed by atoms with Crippen LogP contribution >= 0.6 is 0 Å². The molecule has 0 bridgehead atoms. The van der Waals surface area contributed by atoms with Crippen molar-refractivity contribution >= 4 is 16.7 Å². The minimum absolute atomic E-state index is 0.215. The van der Waals surface area contributed by atoms with Crippen LogP contribution in [0.25, 0.3) is 10.8 Å². The SMILES string of the molecule is CC(=O)N1C[C@H]2C[C@@]2(c2ccc3ccccc3c2)C1. The molecule has 19 heavy (non-hydrogen) atoms. The van der Waals surface area contributed by atoms with Crippen LogP contribution in [-0.2, 0) is 10.2 Å². The molecule has 0 unspecified atom stereocenters. The van der Waals surface area contributed by atoms with Gasteiger partial charge in [0.2, 0.25) is 5.91 Å². The lowest BCUT2D eigenvalue weighted by molar-refractivity contribution is -0.128. The van der Waals surface area contributed by atoms with Crippen molar-refractivity contribution < 1.29 is 4.79 Å². The normalized spacial score (nSPS) is 28.5. The van der Waals surface area contributed by atoms with Crippen LogP contribution in [0.3, 0.4) is 0 Å². The van der Waals surface area contributed by atoms with Crippen molar-refractivity contribution in [2.24, 2.45) is 5.92 Å². The molecule has 2 heteroatoms. The van der Waals surface area contributed by atoms with Gasteiger partial charge in [-0.3, -0.25) is 4.79 Å². The summed E-state index contributed by atoms with van der Waals surface area (Å²) in [5, 5.41) is 2.60. The predicted molar refractivity (Wildman–Crippen MR) is 76.0 cm³/mol. The van der Waals surface area contributed by atoms with Gasteiger partial charge in [0, 0.05) is 25.4 Å². The molecule has 1 aliphatic carbocycles. The maximum atomic E-state index is 11.5. The molecule has 0 spiro atoms. The van der Waals surface area contributed by atoms with Gasteiger partial charge in [-0.25, -0.2) is 0 Å². The average Bonchev–Trinajstić information content (AvgIpc) is 3.00. The van der Waals surface area contributed by atoms with E-state index in [0.29, 0.717) is 5.92 Å². The van der Waals surface area contributed by atoms with Gasteiger partial charge in [0.1, 0.15) is 0 Å². The summed E-state index contributed by atoms with van der Waals surface area (Å²) in [4.78, 5) is 13.5. The molecule has 96 valence electrons. The van der Waals surface area contributed by atoms with Crippen molar-refractivity contribution in [2.45, 2.75) is 18.8 Å². The Morgan fingerprint density at radius 3 is 2.74 bits per heavy atom. The van der Waals surface area contributed by atoms with E-state index in [2.05, 4.69) is 42.5 Å². The van der Waals surface area contributed by atoms with Crippen LogP contribution in [0.5, 0.6) is 0 Å². The fraction of sp³-hybridized carbons (Fsp3) is 0.353. The standard InChI is InChI=1S/C17H17NO/c1-12(19)18-10-16-9-17(16,11-18)15-7-6-13-4-2-3-5-14(13)8-15/h2-8,16H,9-11H2,1H3/t16-,17+/m1/s1. The molecule has 2 fully saturated rings. The highest BCUT2D eigenvalue weighted by atomic mass is 16.2. The second-order valence-electron chi connectivity index (χ2n) is 6.02. The highest BCUT2D eigenvalue weighted by molar-refractivity contribution is 5.83. The van der Waals surface area contributed by atoms with Crippen LogP contribution in [0.15, 0.2) is 42.5 Å². The number of hydrogen-bond donors (Lipinski definition) is 0. The Balaban J connectivity index is 1.74. The summed E-state index contributed by atoms with van der Waals surface area (Å²) in [6.45, 7) is 3.53. The third-order valence-electron chi connectivity index (χ3n) is 4.92. The lowest BCUT2D eigenvalue weighted by Gasteiger charge is -2.20. The average molecular weight is 251 g/mol. The zero-order chi connectivity index (χ0) is 13.0. The first-order valence-corrected chi connectivity index (χ1v) is 6.94. The molecule has 2 nitrogen and oxygen atoms in total. The Hall–Kier alpha value is -1.83. The second kappa shape index (κ2) is 3.60. The van der Waals surface area contributed by atoms with Crippen LogP contribution < -0.4 is 0 Å². The Bertz CT molecular complexity index is 678. The van der Waals surface area contributed by atoms with E-state index in [9.17, 15) is 4.79 Å². The molecule has 2 aromatic carbocycles. The van der Waals surface area contributed by atoms with Gasteiger partial charge >= 0.3 is 0 Å². The number of rotatable bonds is 1. The zero-order valence-corrected chi connectivity index (χ0v) is 11.1. The summed E-state index contributed by atoms with van der Waals surface area (Å²) in [5.41, 5.74) is 1.68. The summed E-state index contributed by atoms with van der Waals surface area (Å²) >= 11 is 0. The van der Waals surface area contributed by atoms with Gasteiger partial charge in [-0.05, 0) is 28.7 Å². The largest absolute Gasteiger partial charge is 0.342 e. The number of fused-ring (bicyclic) bond motifs is 2. The maximum Gasteiger partial charge on any atom is 0.219 e. The molecule has 0 N–H and O–H groups in total. The molecular formula is C17H17NO. The van der Waals surface area contributed by atoms with E-state index in [1.807, 2.05) is 4.90 Å². The monoisotopic (exact) mass is 251 g/mol. The van der Waals surface area contributed by atoms with Crippen LogP contribution in [-0.4, -0.2) is 23.9 Å². The van der Waals surface area contributed by atoms with E-state index < -0.39 is 0 Å². The smallest absolute Gasteiger partial charge is 0.219 e. The van der Waals surface area contributed by atoms with E-state index in [0.717, 1.165) is 13.1 Å². The molecule has 1 amide bonds. The van der Waals surface area contributed by atoms with Crippen molar-refractivity contribution in [3.05, 3.63) is 48.0 Å². The number of hydrogen-bond acceptors (Lipinski definition) is 1. The Morgan fingerprint density at radius 2 is 2.00 bits per heavy atom. The van der Waals surface area contributed by atoms with Crippen molar-refractivity contribution in [2.75, 3.05) is 13.1 Å². The lowest BCUT2D eigenvalue weighted by Crippen LogP contribution is -2.30. The second-order valence-corrected chi connectivity index (χ2v) is 6.02. The number of carbonyl (C=O) groups is 1. The fourth-order valence-corrected chi connectivity index (χ4v) is 3.67. The van der Waals surface area contributed by atoms with Gasteiger partial charge in [-0.15, -0.1) is 0 Å². The Morgan fingerprint density at radius 1 is 1.21 bits per heavy atom. The van der Waals surface area contributed by atoms with Crippen LogP contribution in [0.1, 0.15) is 18.9 Å². The molecule has 2 atom stereocenters. The van der Waals surface area contributed by atoms with Gasteiger partial charge in [0.25, 0.3) is 0 Å². The van der Waals surface area contributed by atoms with Gasteiger partial charge in [0.05, 0.1) is 0 Å². The van der Waals surface area contributed by atoms with Crippen molar-refractivity contribution in [1.82, 2.24) is 4.90 Å². The Labute approximate surface area is 113 Å². The third kappa shape index (κ3) is 1.52. The first kappa shape index (κ1) is 11.0. The van der Waals surface area contributed by atoms with Crippen LogP contribution in [0.4, 0.5) is 0 Å². The highest BCUT2D eigenvalue weighted by Crippen LogP contribution is 2.59. The van der Waals surface area contributed by atoms with Gasteiger partial charge in [-0.1, -0.05) is 42.5 Å². The maximum absolute atomic E-state index is 11.5. The van der Waals surface area contributed by atoms with E-state index in [1.54, 1.807) is 6.92 Å². The van der Waals surface area contributed by atoms with E-state index in [1.165, 1.54) is 22.8 Å². The molecular weight excluding hydrogens is 234 g/mol. The first-order valence-electron chi connectivity index (χ1n) is 6.94. The van der Waals surface area contributed by atoms with Gasteiger partial charge < -0.3 is 4.90 Å². The van der Waals surface area contributed by atoms with Gasteiger partial charge in [-0.2, -0.15) is 0 Å². The summed E-state index contributed by atoms with van der Waals surface area (Å²) < 4.78 is 0. The molecule has 2 aliphatic rings. The number of piperidine rings is 1. The summed E-state index contributed by atoms with van der Waals surface area (Å²) in [6.07, 6.45) is 1.25. The topological polar surface area (TPSA) is 20.3 Å². The molecule has 1 saturated heterocycles. The summed E-state index contributed by atoms with van der Waals surface area (Å²) in [6, 6.07) is 15.3. The quantitative estimate of drug-likeness (QED) is 0.763. The molecule has 0 radical (unpaired) electrons. The highest BCUT2D eigenvalue weighted by Gasteiger charge is 2.61. The third-order valence-corrected chi connectivity index (χ3v) is 4.92. The number of likely N-dealkylation sites (tertiary alicyclic amines) is 1. The first-order chi connectivity index (χ1) is 9.19. The number of nitrogens with zero attached hydrogens (tertiary/aromatic N) is 1. The molecule has 4 rings (SSSR count). The molecule has 1 saturated carbocycles. The van der Waals surface area contributed by atoms with E-state index in [-0.39, 0.29) is 11.3 Å².